The molecule has 4 rings (SSSR count). The van der Waals surface area contributed by atoms with Crippen molar-refractivity contribution in [3.63, 3.8) is 0 Å². The third-order valence-electron chi connectivity index (χ3n) is 6.09. The molecule has 1 aliphatic carbocycles. The molecule has 1 saturated carbocycles. The lowest BCUT2D eigenvalue weighted by Gasteiger charge is -2.36. The first-order chi connectivity index (χ1) is 16.1. The summed E-state index contributed by atoms with van der Waals surface area (Å²) >= 11 is 0. The van der Waals surface area contributed by atoms with Gasteiger partial charge in [-0.25, -0.2) is 4.79 Å². The van der Waals surface area contributed by atoms with Gasteiger partial charge in [0.15, 0.2) is 6.10 Å². The highest BCUT2D eigenvalue weighted by atomic mass is 16.7. The Bertz CT molecular complexity index is 935. The lowest BCUT2D eigenvalue weighted by molar-refractivity contribution is -0.161. The van der Waals surface area contributed by atoms with Crippen molar-refractivity contribution in [2.75, 3.05) is 13.2 Å². The van der Waals surface area contributed by atoms with Crippen LogP contribution in [0.25, 0.3) is 0 Å². The molecule has 8 heteroatoms. The maximum absolute atomic E-state index is 12.8. The van der Waals surface area contributed by atoms with E-state index < -0.39 is 24.5 Å². The van der Waals surface area contributed by atoms with Crippen LogP contribution in [0, 0.1) is 11.3 Å². The van der Waals surface area contributed by atoms with Crippen LogP contribution in [0.15, 0.2) is 36.2 Å². The Labute approximate surface area is 201 Å². The van der Waals surface area contributed by atoms with Gasteiger partial charge in [0.2, 0.25) is 12.2 Å². The minimum absolute atomic E-state index is 0.0332. The number of ether oxygens (including phenoxy) is 4. The van der Waals surface area contributed by atoms with E-state index in [9.17, 15) is 9.59 Å². The first kappa shape index (κ1) is 24.4. The van der Waals surface area contributed by atoms with Crippen LogP contribution >= 0.6 is 0 Å². The normalized spacial score (nSPS) is 25.1. The summed E-state index contributed by atoms with van der Waals surface area (Å²) in [6.45, 7) is 10.8. The van der Waals surface area contributed by atoms with Gasteiger partial charge < -0.3 is 24.3 Å². The third-order valence-corrected chi connectivity index (χ3v) is 6.09. The van der Waals surface area contributed by atoms with Crippen molar-refractivity contribution in [3.05, 3.63) is 41.8 Å². The topological polar surface area (TPSA) is 86.3 Å². The maximum Gasteiger partial charge on any atom is 0.415 e. The lowest BCUT2D eigenvalue weighted by Crippen LogP contribution is -2.49. The van der Waals surface area contributed by atoms with Crippen LogP contribution in [0.1, 0.15) is 53.0 Å². The van der Waals surface area contributed by atoms with E-state index in [1.54, 1.807) is 4.90 Å². The zero-order chi connectivity index (χ0) is 24.5. The van der Waals surface area contributed by atoms with E-state index in [2.05, 4.69) is 26.1 Å². The van der Waals surface area contributed by atoms with Crippen LogP contribution < -0.4 is 10.1 Å². The van der Waals surface area contributed by atoms with Gasteiger partial charge >= 0.3 is 6.09 Å². The highest BCUT2D eigenvalue weighted by Gasteiger charge is 2.49. The Morgan fingerprint density at radius 3 is 2.74 bits per heavy atom. The summed E-state index contributed by atoms with van der Waals surface area (Å²) in [4.78, 5) is 26.5. The number of cyclic esters (lactones) is 1. The van der Waals surface area contributed by atoms with E-state index in [1.807, 2.05) is 31.2 Å². The monoisotopic (exact) mass is 472 g/mol. The van der Waals surface area contributed by atoms with E-state index in [-0.39, 0.29) is 17.4 Å². The summed E-state index contributed by atoms with van der Waals surface area (Å²) in [5, 5.41) is 2.96. The molecule has 34 heavy (non-hydrogen) atoms. The molecule has 0 spiro atoms. The third kappa shape index (κ3) is 6.03. The highest BCUT2D eigenvalue weighted by molar-refractivity contribution is 5.76. The van der Waals surface area contributed by atoms with Gasteiger partial charge in [0, 0.05) is 6.92 Å². The molecular formula is C26H36N2O6. The van der Waals surface area contributed by atoms with Crippen molar-refractivity contribution in [2.24, 2.45) is 11.3 Å². The number of hydrogen-bond donors (Lipinski definition) is 1. The molecule has 0 radical (unpaired) electrons. The fourth-order valence-electron chi connectivity index (χ4n) is 4.17. The van der Waals surface area contributed by atoms with E-state index in [1.165, 1.54) is 26.0 Å². The number of benzene rings is 1. The molecule has 1 aromatic carbocycles. The summed E-state index contributed by atoms with van der Waals surface area (Å²) in [6.07, 6.45) is 2.74. The van der Waals surface area contributed by atoms with Crippen molar-refractivity contribution < 1.29 is 28.5 Å². The van der Waals surface area contributed by atoms with Crippen molar-refractivity contribution >= 4 is 12.0 Å². The Morgan fingerprint density at radius 2 is 2.06 bits per heavy atom. The molecule has 186 valence electrons. The second kappa shape index (κ2) is 9.86. The predicted octanol–water partition coefficient (Wildman–Crippen LogP) is 3.99. The van der Waals surface area contributed by atoms with Gasteiger partial charge in [-0.1, -0.05) is 32.9 Å². The largest absolute Gasteiger partial charge is 0.493 e. The van der Waals surface area contributed by atoms with Gasteiger partial charge in [0.25, 0.3) is 0 Å². The molecule has 1 N–H and O–H groups in total. The molecule has 0 unspecified atom stereocenters. The van der Waals surface area contributed by atoms with E-state index in [4.69, 9.17) is 18.9 Å². The average Bonchev–Trinajstić information content (AvgIpc) is 3.52. The molecule has 2 fully saturated rings. The Kier molecular flexibility index (Phi) is 7.07. The average molecular weight is 473 g/mol. The van der Waals surface area contributed by atoms with Gasteiger partial charge in [0.05, 0.1) is 25.3 Å². The van der Waals surface area contributed by atoms with Crippen LogP contribution in [0.2, 0.25) is 0 Å². The predicted molar refractivity (Wildman–Crippen MR) is 126 cm³/mol. The summed E-state index contributed by atoms with van der Waals surface area (Å²) in [5.41, 5.74) is 1.54. The smallest absolute Gasteiger partial charge is 0.415 e. The second-order valence-corrected chi connectivity index (χ2v) is 10.7. The molecule has 2 heterocycles. The highest BCUT2D eigenvalue weighted by Crippen LogP contribution is 2.35. The lowest BCUT2D eigenvalue weighted by atomic mass is 9.98. The van der Waals surface area contributed by atoms with Gasteiger partial charge in [-0.05, 0) is 55.2 Å². The maximum atomic E-state index is 12.8. The SMILES string of the molecule is CC(=O)N[C@@H](Cc1cccc(OCC2CC2)c1)[C@@H]1OC(=O)N2C1=CO[C@@H](OCC(C)(C)C)[C@@H]2C. The van der Waals surface area contributed by atoms with Crippen LogP contribution in [0.3, 0.4) is 0 Å². The first-order valence-electron chi connectivity index (χ1n) is 12.1. The number of nitrogens with one attached hydrogen (secondary N) is 1. The number of carbonyl (C=O) groups excluding carboxylic acids is 2. The zero-order valence-corrected chi connectivity index (χ0v) is 20.7. The van der Waals surface area contributed by atoms with Gasteiger partial charge in [-0.3, -0.25) is 9.69 Å². The van der Waals surface area contributed by atoms with Crippen LogP contribution in [0.5, 0.6) is 5.75 Å². The molecule has 8 nitrogen and oxygen atoms in total. The summed E-state index contributed by atoms with van der Waals surface area (Å²) in [5.74, 6) is 1.28. The number of hydrogen-bond acceptors (Lipinski definition) is 6. The zero-order valence-electron chi connectivity index (χ0n) is 20.7. The van der Waals surface area contributed by atoms with E-state index in [0.717, 1.165) is 17.9 Å². The Morgan fingerprint density at radius 1 is 1.29 bits per heavy atom. The van der Waals surface area contributed by atoms with Crippen LogP contribution in [-0.4, -0.2) is 54.6 Å². The minimum Gasteiger partial charge on any atom is -0.493 e. The quantitative estimate of drug-likeness (QED) is 0.585. The molecule has 1 aromatic rings. The van der Waals surface area contributed by atoms with Crippen molar-refractivity contribution in [1.82, 2.24) is 10.2 Å². The van der Waals surface area contributed by atoms with Gasteiger partial charge in [-0.15, -0.1) is 0 Å². The number of carbonyl (C=O) groups is 2. The summed E-state index contributed by atoms with van der Waals surface area (Å²) in [7, 11) is 0. The fraction of sp³-hybridized carbons (Fsp3) is 0.615. The summed E-state index contributed by atoms with van der Waals surface area (Å²) in [6, 6.07) is 7.02. The minimum atomic E-state index is -0.668. The van der Waals surface area contributed by atoms with Gasteiger partial charge in [-0.2, -0.15) is 0 Å². The van der Waals surface area contributed by atoms with E-state index in [0.29, 0.717) is 24.6 Å². The molecule has 3 aliphatic rings. The summed E-state index contributed by atoms with van der Waals surface area (Å²) < 4.78 is 23.5. The molecule has 2 amide bonds. The molecule has 0 aromatic heterocycles. The Balaban J connectivity index is 1.49. The molecule has 2 aliphatic heterocycles. The molecular weight excluding hydrogens is 436 g/mol. The Hall–Kier alpha value is -2.74. The molecule has 1 saturated heterocycles. The number of fused-ring (bicyclic) bond motifs is 1. The van der Waals surface area contributed by atoms with Crippen molar-refractivity contribution in [1.29, 1.82) is 0 Å². The van der Waals surface area contributed by atoms with Crippen molar-refractivity contribution in [2.45, 2.75) is 78.4 Å². The fourth-order valence-corrected chi connectivity index (χ4v) is 4.17. The molecule has 0 bridgehead atoms. The van der Waals surface area contributed by atoms with Crippen LogP contribution in [0.4, 0.5) is 4.79 Å². The number of nitrogens with zero attached hydrogens (tertiary/aromatic N) is 1. The first-order valence-corrected chi connectivity index (χ1v) is 12.1. The van der Waals surface area contributed by atoms with Crippen LogP contribution in [-0.2, 0) is 25.4 Å². The molecule has 4 atom stereocenters. The van der Waals surface area contributed by atoms with E-state index >= 15 is 0 Å². The van der Waals surface area contributed by atoms with Crippen molar-refractivity contribution in [3.8, 4) is 5.75 Å². The second-order valence-electron chi connectivity index (χ2n) is 10.7. The number of amides is 2. The standard InChI is InChI=1S/C26H36N2O6/c1-16-24(33-15-26(3,4)5)32-14-22-23(34-25(30)28(16)22)21(27-17(2)29)12-19-7-6-8-20(11-19)31-13-18-9-10-18/h6-8,11,14,16,18,21,23-24H,9-10,12-13,15H2,1-5H3,(H,27,29)/t16-,21-,23-,24-/m0/s1. The van der Waals surface area contributed by atoms with Gasteiger partial charge in [0.1, 0.15) is 17.7 Å². The number of rotatable bonds is 9.